The Morgan fingerprint density at radius 1 is 1.11 bits per heavy atom. The minimum absolute atomic E-state index is 0.111. The van der Waals surface area contributed by atoms with E-state index in [1.807, 2.05) is 53.4 Å². The third kappa shape index (κ3) is 5.16. The summed E-state index contributed by atoms with van der Waals surface area (Å²) in [5, 5.41) is 2.98. The number of ether oxygens (including phenoxy) is 3. The molecule has 0 aromatic heterocycles. The van der Waals surface area contributed by atoms with Crippen LogP contribution >= 0.6 is 0 Å². The average molecular weight is 384 g/mol. The van der Waals surface area contributed by atoms with Gasteiger partial charge in [0.1, 0.15) is 0 Å². The van der Waals surface area contributed by atoms with Gasteiger partial charge in [0, 0.05) is 19.7 Å². The predicted octanol–water partition coefficient (Wildman–Crippen LogP) is 4.91. The number of methoxy groups -OCH3 is 1. The number of anilines is 1. The quantitative estimate of drug-likeness (QED) is 0.737. The lowest BCUT2D eigenvalue weighted by Gasteiger charge is -2.32. The highest BCUT2D eigenvalue weighted by atomic mass is 16.5. The highest BCUT2D eigenvalue weighted by Gasteiger charge is 2.24. The van der Waals surface area contributed by atoms with Gasteiger partial charge in [0.25, 0.3) is 0 Å². The van der Waals surface area contributed by atoms with Crippen LogP contribution in [0.4, 0.5) is 10.5 Å². The molecule has 0 spiro atoms. The molecule has 1 aliphatic heterocycles. The van der Waals surface area contributed by atoms with Crippen molar-refractivity contribution in [3.8, 4) is 17.2 Å². The number of nitrogens with one attached hydrogen (secondary N) is 1. The summed E-state index contributed by atoms with van der Waals surface area (Å²) in [6.07, 6.45) is 3.04. The SMILES string of the molecule is CCCOC1CCCN(C(=O)Nc2ccccc2Oc2ccccc2OC)C1. The van der Waals surface area contributed by atoms with Crippen LogP contribution in [-0.4, -0.2) is 43.8 Å². The van der Waals surface area contributed by atoms with Crippen molar-refractivity contribution in [1.29, 1.82) is 0 Å². The van der Waals surface area contributed by atoms with Gasteiger partial charge in [-0.3, -0.25) is 0 Å². The number of para-hydroxylation sites is 4. The minimum Gasteiger partial charge on any atom is -0.493 e. The monoisotopic (exact) mass is 384 g/mol. The van der Waals surface area contributed by atoms with Crippen molar-refractivity contribution in [2.75, 3.05) is 32.1 Å². The number of hydrogen-bond donors (Lipinski definition) is 1. The summed E-state index contributed by atoms with van der Waals surface area (Å²) < 4.78 is 17.2. The van der Waals surface area contributed by atoms with Gasteiger partial charge >= 0.3 is 6.03 Å². The fraction of sp³-hybridized carbons (Fsp3) is 0.409. The molecule has 2 amide bonds. The van der Waals surface area contributed by atoms with Gasteiger partial charge in [0.15, 0.2) is 17.2 Å². The van der Waals surface area contributed by atoms with E-state index in [9.17, 15) is 4.79 Å². The molecule has 0 saturated carbocycles. The normalized spacial score (nSPS) is 16.5. The van der Waals surface area contributed by atoms with E-state index in [-0.39, 0.29) is 12.1 Å². The van der Waals surface area contributed by atoms with E-state index in [4.69, 9.17) is 14.2 Å². The van der Waals surface area contributed by atoms with Crippen LogP contribution in [0.1, 0.15) is 26.2 Å². The van der Waals surface area contributed by atoms with E-state index in [0.717, 1.165) is 32.4 Å². The van der Waals surface area contributed by atoms with E-state index in [2.05, 4.69) is 12.2 Å². The first-order valence-electron chi connectivity index (χ1n) is 9.78. The highest BCUT2D eigenvalue weighted by molar-refractivity contribution is 5.91. The Morgan fingerprint density at radius 3 is 2.57 bits per heavy atom. The first-order valence-corrected chi connectivity index (χ1v) is 9.78. The van der Waals surface area contributed by atoms with Gasteiger partial charge < -0.3 is 24.4 Å². The Morgan fingerprint density at radius 2 is 1.82 bits per heavy atom. The molecular weight excluding hydrogens is 356 g/mol. The molecule has 1 N–H and O–H groups in total. The smallest absolute Gasteiger partial charge is 0.322 e. The van der Waals surface area contributed by atoms with Crippen LogP contribution in [0.3, 0.4) is 0 Å². The molecule has 1 atom stereocenters. The molecule has 1 unspecified atom stereocenters. The zero-order valence-corrected chi connectivity index (χ0v) is 16.5. The summed E-state index contributed by atoms with van der Waals surface area (Å²) in [4.78, 5) is 14.6. The fourth-order valence-electron chi connectivity index (χ4n) is 3.22. The number of likely N-dealkylation sites (tertiary alicyclic amines) is 1. The molecule has 0 aliphatic carbocycles. The number of carbonyl (C=O) groups is 1. The van der Waals surface area contributed by atoms with Gasteiger partial charge in [-0.2, -0.15) is 0 Å². The van der Waals surface area contributed by atoms with Crippen LogP contribution < -0.4 is 14.8 Å². The molecular formula is C22H28N2O4. The maximum Gasteiger partial charge on any atom is 0.322 e. The second-order valence-corrected chi connectivity index (χ2v) is 6.76. The second-order valence-electron chi connectivity index (χ2n) is 6.76. The van der Waals surface area contributed by atoms with Crippen molar-refractivity contribution in [3.63, 3.8) is 0 Å². The first kappa shape index (κ1) is 20.0. The largest absolute Gasteiger partial charge is 0.493 e. The van der Waals surface area contributed by atoms with Crippen LogP contribution in [0.5, 0.6) is 17.2 Å². The standard InChI is InChI=1S/C22H28N2O4/c1-3-15-27-17-9-8-14-24(16-17)22(25)23-18-10-4-5-11-19(18)28-21-13-7-6-12-20(21)26-2/h4-7,10-13,17H,3,8-9,14-16H2,1-2H3,(H,23,25). The molecule has 0 radical (unpaired) electrons. The van der Waals surface area contributed by atoms with Gasteiger partial charge in [-0.05, 0) is 43.5 Å². The van der Waals surface area contributed by atoms with Crippen molar-refractivity contribution in [2.24, 2.45) is 0 Å². The maximum absolute atomic E-state index is 12.8. The van der Waals surface area contributed by atoms with Crippen molar-refractivity contribution in [1.82, 2.24) is 4.90 Å². The molecule has 2 aromatic rings. The molecule has 28 heavy (non-hydrogen) atoms. The molecule has 6 heteroatoms. The summed E-state index contributed by atoms with van der Waals surface area (Å²) in [6, 6.07) is 14.7. The molecule has 1 heterocycles. The summed E-state index contributed by atoms with van der Waals surface area (Å²) in [7, 11) is 1.60. The number of urea groups is 1. The van der Waals surface area contributed by atoms with Gasteiger partial charge in [-0.25, -0.2) is 4.79 Å². The van der Waals surface area contributed by atoms with Crippen LogP contribution in [0.25, 0.3) is 0 Å². The lowest BCUT2D eigenvalue weighted by molar-refractivity contribution is 0.0115. The Hall–Kier alpha value is -2.73. The third-order valence-corrected chi connectivity index (χ3v) is 4.64. The van der Waals surface area contributed by atoms with E-state index >= 15 is 0 Å². The molecule has 3 rings (SSSR count). The molecule has 6 nitrogen and oxygen atoms in total. The molecule has 1 fully saturated rings. The van der Waals surface area contributed by atoms with Crippen LogP contribution in [0.2, 0.25) is 0 Å². The molecule has 150 valence electrons. The average Bonchev–Trinajstić information content (AvgIpc) is 2.74. The first-order chi connectivity index (χ1) is 13.7. The number of carbonyl (C=O) groups excluding carboxylic acids is 1. The second kappa shape index (κ2) is 9.99. The van der Waals surface area contributed by atoms with Crippen molar-refractivity contribution in [2.45, 2.75) is 32.3 Å². The molecule has 1 saturated heterocycles. The van der Waals surface area contributed by atoms with E-state index < -0.39 is 0 Å². The molecule has 2 aromatic carbocycles. The number of amides is 2. The lowest BCUT2D eigenvalue weighted by atomic mass is 10.1. The maximum atomic E-state index is 12.8. The van der Waals surface area contributed by atoms with E-state index in [1.54, 1.807) is 7.11 Å². The Bertz CT molecular complexity index is 781. The Kier molecular flexibility index (Phi) is 7.14. The van der Waals surface area contributed by atoms with Crippen LogP contribution in [0.15, 0.2) is 48.5 Å². The fourth-order valence-corrected chi connectivity index (χ4v) is 3.22. The van der Waals surface area contributed by atoms with Gasteiger partial charge in [0.05, 0.1) is 18.9 Å². The number of piperidine rings is 1. The number of benzene rings is 2. The Labute approximate surface area is 166 Å². The minimum atomic E-state index is -0.138. The lowest BCUT2D eigenvalue weighted by Crippen LogP contribution is -2.45. The number of rotatable bonds is 7. The summed E-state index contributed by atoms with van der Waals surface area (Å²) >= 11 is 0. The van der Waals surface area contributed by atoms with Crippen molar-refractivity contribution >= 4 is 11.7 Å². The molecule has 1 aliphatic rings. The van der Waals surface area contributed by atoms with Crippen LogP contribution in [0, 0.1) is 0 Å². The summed E-state index contributed by atoms with van der Waals surface area (Å²) in [5.41, 5.74) is 0.620. The van der Waals surface area contributed by atoms with Crippen molar-refractivity contribution in [3.05, 3.63) is 48.5 Å². The number of hydrogen-bond acceptors (Lipinski definition) is 4. The van der Waals surface area contributed by atoms with E-state index in [1.165, 1.54) is 0 Å². The summed E-state index contributed by atoms with van der Waals surface area (Å²) in [6.45, 7) is 4.16. The summed E-state index contributed by atoms with van der Waals surface area (Å²) in [5.74, 6) is 1.80. The van der Waals surface area contributed by atoms with Gasteiger partial charge in [-0.1, -0.05) is 31.2 Å². The van der Waals surface area contributed by atoms with Gasteiger partial charge in [-0.15, -0.1) is 0 Å². The molecule has 0 bridgehead atoms. The van der Waals surface area contributed by atoms with Crippen molar-refractivity contribution < 1.29 is 19.0 Å². The zero-order valence-electron chi connectivity index (χ0n) is 16.5. The van der Waals surface area contributed by atoms with E-state index in [0.29, 0.717) is 29.5 Å². The topological polar surface area (TPSA) is 60.0 Å². The van der Waals surface area contributed by atoms with Crippen LogP contribution in [-0.2, 0) is 4.74 Å². The Balaban J connectivity index is 1.68. The predicted molar refractivity (Wildman–Crippen MR) is 109 cm³/mol. The van der Waals surface area contributed by atoms with Gasteiger partial charge in [0.2, 0.25) is 0 Å². The zero-order chi connectivity index (χ0) is 19.8. The third-order valence-electron chi connectivity index (χ3n) is 4.64. The highest BCUT2D eigenvalue weighted by Crippen LogP contribution is 2.35. The number of nitrogens with zero attached hydrogens (tertiary/aromatic N) is 1.